The second-order valence-electron chi connectivity index (χ2n) is 16.8. The molecule has 4 aliphatic heterocycles. The molecule has 4 atom stereocenters. The van der Waals surface area contributed by atoms with Gasteiger partial charge in [-0.15, -0.1) is 0 Å². The van der Waals surface area contributed by atoms with Crippen molar-refractivity contribution in [2.45, 2.75) is 91.5 Å². The highest BCUT2D eigenvalue weighted by Gasteiger charge is 2.54. The lowest BCUT2D eigenvalue weighted by Crippen LogP contribution is -2.65. The summed E-state index contributed by atoms with van der Waals surface area (Å²) >= 11 is 0. The number of benzene rings is 2. The zero-order chi connectivity index (χ0) is 39.5. The Hall–Kier alpha value is -3.80. The maximum atomic E-state index is 16.3. The molecule has 1 N–H and O–H groups in total. The minimum atomic E-state index is -3.72. The Morgan fingerprint density at radius 1 is 0.946 bits per heavy atom. The third-order valence-corrected chi connectivity index (χ3v) is 15.6. The molecule has 4 heterocycles. The number of methoxy groups -OCH3 is 1. The summed E-state index contributed by atoms with van der Waals surface area (Å²) in [4.78, 5) is 33.2. The lowest BCUT2D eigenvalue weighted by molar-refractivity contribution is -0.130. The van der Waals surface area contributed by atoms with Gasteiger partial charge >= 0.3 is 6.09 Å². The fourth-order valence-electron chi connectivity index (χ4n) is 10.5. The first-order chi connectivity index (χ1) is 26.9. The monoisotopic (exact) mass is 794 g/mol. The highest BCUT2D eigenvalue weighted by Crippen LogP contribution is 2.51. The highest BCUT2D eigenvalue weighted by molar-refractivity contribution is 7.92. The van der Waals surface area contributed by atoms with Crippen LogP contribution in [0.1, 0.15) is 69.8 Å². The molecule has 5 fully saturated rings. The molecule has 0 radical (unpaired) electrons. The quantitative estimate of drug-likeness (QED) is 0.305. The number of likely N-dealkylation sites (tertiary alicyclic amines) is 3. The number of amides is 2. The van der Waals surface area contributed by atoms with E-state index in [0.717, 1.165) is 82.5 Å². The molecular weight excluding hydrogens is 739 g/mol. The summed E-state index contributed by atoms with van der Waals surface area (Å²) in [6, 6.07) is 15.5. The molecule has 304 valence electrons. The van der Waals surface area contributed by atoms with Gasteiger partial charge in [-0.2, -0.15) is 5.26 Å². The molecule has 0 spiro atoms. The smallest absolute Gasteiger partial charge is 0.407 e. The number of nitriles is 1. The Balaban J connectivity index is 0.997. The second-order valence-corrected chi connectivity index (χ2v) is 19.1. The summed E-state index contributed by atoms with van der Waals surface area (Å²) in [6.45, 7) is 5.52. The van der Waals surface area contributed by atoms with Crippen LogP contribution in [0.4, 0.5) is 19.3 Å². The van der Waals surface area contributed by atoms with Crippen molar-refractivity contribution < 1.29 is 31.5 Å². The van der Waals surface area contributed by atoms with Crippen LogP contribution in [-0.2, 0) is 24.8 Å². The minimum Gasteiger partial charge on any atom is -0.453 e. The van der Waals surface area contributed by atoms with Crippen LogP contribution >= 0.6 is 0 Å². The topological polar surface area (TPSA) is 126 Å². The first-order valence-electron chi connectivity index (χ1n) is 20.4. The summed E-state index contributed by atoms with van der Waals surface area (Å²) < 4.78 is 63.6. The number of ether oxygens (including phenoxy) is 1. The van der Waals surface area contributed by atoms with E-state index in [1.807, 2.05) is 11.0 Å². The van der Waals surface area contributed by atoms with Gasteiger partial charge in [0.25, 0.3) is 0 Å². The number of anilines is 1. The normalized spacial score (nSPS) is 25.9. The number of alkyl carbamates (subject to hydrolysis) is 1. The molecule has 11 nitrogen and oxygen atoms in total. The van der Waals surface area contributed by atoms with Gasteiger partial charge < -0.3 is 24.8 Å². The lowest BCUT2D eigenvalue weighted by atomic mass is 9.57. The van der Waals surface area contributed by atoms with Crippen molar-refractivity contribution >= 4 is 27.5 Å². The van der Waals surface area contributed by atoms with Crippen LogP contribution in [0.15, 0.2) is 53.4 Å². The number of rotatable bonds is 12. The number of carbonyl (C=O) groups excluding carboxylic acids is 2. The minimum absolute atomic E-state index is 0.0796. The first kappa shape index (κ1) is 40.4. The van der Waals surface area contributed by atoms with Crippen LogP contribution in [0, 0.1) is 29.0 Å². The Kier molecular flexibility index (Phi) is 12.2. The van der Waals surface area contributed by atoms with Gasteiger partial charge in [-0.3, -0.25) is 9.69 Å². The molecule has 0 aromatic heterocycles. The van der Waals surface area contributed by atoms with Crippen molar-refractivity contribution in [3.05, 3.63) is 59.9 Å². The van der Waals surface area contributed by atoms with Gasteiger partial charge in [0.15, 0.2) is 15.5 Å². The Labute approximate surface area is 330 Å². The van der Waals surface area contributed by atoms with Crippen molar-refractivity contribution in [2.24, 2.45) is 11.8 Å². The predicted octanol–water partition coefficient (Wildman–Crippen LogP) is 5.30. The van der Waals surface area contributed by atoms with E-state index in [0.29, 0.717) is 32.4 Å². The Morgan fingerprint density at radius 2 is 1.70 bits per heavy atom. The second kappa shape index (κ2) is 17.0. The van der Waals surface area contributed by atoms with E-state index in [1.165, 1.54) is 18.1 Å². The maximum absolute atomic E-state index is 16.3. The zero-order valence-corrected chi connectivity index (χ0v) is 33.3. The van der Waals surface area contributed by atoms with E-state index in [2.05, 4.69) is 21.2 Å². The molecule has 1 saturated carbocycles. The van der Waals surface area contributed by atoms with Crippen molar-refractivity contribution in [2.75, 3.05) is 77.5 Å². The van der Waals surface area contributed by atoms with Crippen LogP contribution in [0.2, 0.25) is 0 Å². The molecule has 2 aromatic carbocycles. The molecule has 56 heavy (non-hydrogen) atoms. The van der Waals surface area contributed by atoms with E-state index in [4.69, 9.17) is 10.00 Å². The van der Waals surface area contributed by atoms with Crippen LogP contribution in [-0.4, -0.2) is 125 Å². The Bertz CT molecular complexity index is 1860. The van der Waals surface area contributed by atoms with Crippen LogP contribution in [0.3, 0.4) is 0 Å². The van der Waals surface area contributed by atoms with Crippen LogP contribution in [0.5, 0.6) is 0 Å². The van der Waals surface area contributed by atoms with Gasteiger partial charge in [-0.1, -0.05) is 25.0 Å². The number of nitrogens with one attached hydrogen (secondary N) is 1. The number of alkyl halides is 1. The Morgan fingerprint density at radius 3 is 2.36 bits per heavy atom. The average Bonchev–Trinajstić information content (AvgIpc) is 3.46. The molecule has 7 rings (SSSR count). The van der Waals surface area contributed by atoms with Crippen molar-refractivity contribution in [1.82, 2.24) is 20.0 Å². The molecule has 4 saturated heterocycles. The largest absolute Gasteiger partial charge is 0.453 e. The highest BCUT2D eigenvalue weighted by atomic mass is 32.2. The molecule has 1 aliphatic carbocycles. The molecule has 0 bridgehead atoms. The molecule has 14 heteroatoms. The van der Waals surface area contributed by atoms with E-state index in [1.54, 1.807) is 36.4 Å². The molecular formula is C42H56F2N6O5S. The van der Waals surface area contributed by atoms with Gasteiger partial charge in [0, 0.05) is 43.3 Å². The summed E-state index contributed by atoms with van der Waals surface area (Å²) in [5, 5.41) is 11.4. The molecule has 2 amide bonds. The average molecular weight is 795 g/mol. The number of halogens is 2. The predicted molar refractivity (Wildman–Crippen MR) is 209 cm³/mol. The summed E-state index contributed by atoms with van der Waals surface area (Å²) in [7, 11) is -2.33. The van der Waals surface area contributed by atoms with Crippen molar-refractivity contribution in [3.63, 3.8) is 0 Å². The van der Waals surface area contributed by atoms with Crippen LogP contribution in [0.25, 0.3) is 0 Å². The van der Waals surface area contributed by atoms with Gasteiger partial charge in [0.1, 0.15) is 12.2 Å². The third-order valence-electron chi connectivity index (χ3n) is 13.4. The maximum Gasteiger partial charge on any atom is 0.407 e. The van der Waals surface area contributed by atoms with Gasteiger partial charge in [0.2, 0.25) is 5.91 Å². The number of nitrogens with zero attached hydrogens (tertiary/aromatic N) is 5. The summed E-state index contributed by atoms with van der Waals surface area (Å²) in [5.41, 5.74) is -0.0409. The zero-order valence-electron chi connectivity index (χ0n) is 32.5. The van der Waals surface area contributed by atoms with Crippen molar-refractivity contribution in [1.29, 1.82) is 5.26 Å². The number of sulfone groups is 1. The fraction of sp³-hybridized carbons (Fsp3) is 0.643. The molecule has 2 aromatic rings. The van der Waals surface area contributed by atoms with E-state index < -0.39 is 26.8 Å². The molecule has 1 unspecified atom stereocenters. The van der Waals surface area contributed by atoms with Gasteiger partial charge in [-0.05, 0) is 125 Å². The van der Waals surface area contributed by atoms with Gasteiger partial charge in [0.05, 0.1) is 36.4 Å². The van der Waals surface area contributed by atoms with Crippen LogP contribution < -0.4 is 10.2 Å². The summed E-state index contributed by atoms with van der Waals surface area (Å²) in [5.74, 6) is -0.276. The standard InChI is InChI=1S/C42H56F2N6O5S/c1-55-40(52)46-38-11-5-10-37(38)42(30-47-20-6-21-47,32-7-4-8-33(43)25-32)31-17-23-48(24-18-31)27-41(44)28-50(29-41)34-12-14-35(15-13-34)56(53,54)36-9-2-3-22-49(26-36)39(51)16-19-45/h4,7-8,12-15,25,31,36-38H,2-3,5-6,9-11,16-18,20-24,26-30H2,1H3,(H,46,52)/t36-,37+,38+,42?/m1/s1. The third kappa shape index (κ3) is 8.41. The summed E-state index contributed by atoms with van der Waals surface area (Å²) in [6.07, 6.45) is 6.70. The number of piperidine rings is 1. The fourth-order valence-corrected chi connectivity index (χ4v) is 12.2. The van der Waals surface area contributed by atoms with Gasteiger partial charge in [-0.25, -0.2) is 22.0 Å². The van der Waals surface area contributed by atoms with E-state index in [-0.39, 0.29) is 66.0 Å². The SMILES string of the molecule is COC(=O)N[C@H]1CCC[C@@H]1C(CN1CCC1)(c1cccc(F)c1)C1CCN(CC2(F)CN(c3ccc(S(=O)(=O)[C@@H]4CCCCN(C(=O)CC#N)C4)cc3)C2)CC1. The first-order valence-corrected chi connectivity index (χ1v) is 22.0. The number of hydrogen-bond acceptors (Lipinski definition) is 9. The van der Waals surface area contributed by atoms with Crippen molar-refractivity contribution in [3.8, 4) is 6.07 Å². The number of carbonyl (C=O) groups is 2. The van der Waals surface area contributed by atoms with E-state index in [9.17, 15) is 18.0 Å². The van der Waals surface area contributed by atoms with E-state index >= 15 is 8.78 Å². The lowest BCUT2D eigenvalue weighted by Gasteiger charge is -2.54. The molecule has 5 aliphatic rings. The number of hydrogen-bond donors (Lipinski definition) is 1.